The maximum absolute atomic E-state index is 10.6. The van der Waals surface area contributed by atoms with E-state index in [4.69, 9.17) is 4.52 Å². The van der Waals surface area contributed by atoms with Crippen LogP contribution in [0.3, 0.4) is 0 Å². The van der Waals surface area contributed by atoms with Crippen LogP contribution in [0.4, 0.5) is 11.4 Å². The van der Waals surface area contributed by atoms with Crippen LogP contribution in [0.1, 0.15) is 5.89 Å². The number of nitro groups is 1. The zero-order chi connectivity index (χ0) is 13.0. The fraction of sp³-hybridized carbons (Fsp3) is 0.200. The van der Waals surface area contributed by atoms with Crippen molar-refractivity contribution >= 4 is 27.3 Å². The molecule has 1 heterocycles. The van der Waals surface area contributed by atoms with E-state index < -0.39 is 4.92 Å². The Morgan fingerprint density at radius 1 is 1.50 bits per heavy atom. The molecule has 0 spiro atoms. The van der Waals surface area contributed by atoms with Gasteiger partial charge < -0.3 is 9.84 Å². The van der Waals surface area contributed by atoms with Gasteiger partial charge in [0.25, 0.3) is 5.69 Å². The summed E-state index contributed by atoms with van der Waals surface area (Å²) in [7, 11) is 0. The van der Waals surface area contributed by atoms with Crippen LogP contribution >= 0.6 is 15.9 Å². The van der Waals surface area contributed by atoms with Gasteiger partial charge in [0.15, 0.2) is 6.33 Å². The summed E-state index contributed by atoms with van der Waals surface area (Å²) in [5.41, 5.74) is 0.824. The number of halogens is 1. The number of benzene rings is 1. The summed E-state index contributed by atoms with van der Waals surface area (Å²) in [6.07, 6.45) is 1.93. The van der Waals surface area contributed by atoms with Crippen LogP contribution in [0.15, 0.2) is 33.5 Å². The third-order valence-electron chi connectivity index (χ3n) is 2.22. The molecule has 1 N–H and O–H groups in total. The van der Waals surface area contributed by atoms with Crippen molar-refractivity contribution < 1.29 is 9.45 Å². The van der Waals surface area contributed by atoms with Crippen LogP contribution in [0.25, 0.3) is 0 Å². The second-order valence-electron chi connectivity index (χ2n) is 3.43. The van der Waals surface area contributed by atoms with E-state index in [1.165, 1.54) is 18.5 Å². The molecule has 18 heavy (non-hydrogen) atoms. The Kier molecular flexibility index (Phi) is 3.88. The van der Waals surface area contributed by atoms with Crippen molar-refractivity contribution in [1.29, 1.82) is 0 Å². The first-order valence-electron chi connectivity index (χ1n) is 5.10. The molecule has 7 nitrogen and oxygen atoms in total. The number of nitrogens with one attached hydrogen (secondary N) is 1. The lowest BCUT2D eigenvalue weighted by Crippen LogP contribution is -2.05. The highest BCUT2D eigenvalue weighted by Crippen LogP contribution is 2.26. The Morgan fingerprint density at radius 3 is 2.94 bits per heavy atom. The zero-order valence-corrected chi connectivity index (χ0v) is 10.8. The molecule has 0 unspecified atom stereocenters. The van der Waals surface area contributed by atoms with Crippen LogP contribution in [0.5, 0.6) is 0 Å². The van der Waals surface area contributed by atoms with Crippen LogP contribution in [-0.4, -0.2) is 21.6 Å². The maximum atomic E-state index is 10.6. The molecule has 0 saturated heterocycles. The van der Waals surface area contributed by atoms with Crippen molar-refractivity contribution in [3.63, 3.8) is 0 Å². The molecule has 0 amide bonds. The predicted molar refractivity (Wildman–Crippen MR) is 67.3 cm³/mol. The quantitative estimate of drug-likeness (QED) is 0.673. The van der Waals surface area contributed by atoms with Gasteiger partial charge in [0.2, 0.25) is 5.89 Å². The predicted octanol–water partition coefficient (Wildman–Crippen LogP) is 2.39. The lowest BCUT2D eigenvalue weighted by Gasteiger charge is -2.06. The van der Waals surface area contributed by atoms with Gasteiger partial charge in [0.05, 0.1) is 4.92 Å². The number of nitro benzene ring substituents is 1. The summed E-state index contributed by atoms with van der Waals surface area (Å²) in [6, 6.07) is 4.55. The smallest absolute Gasteiger partial charge is 0.270 e. The summed E-state index contributed by atoms with van der Waals surface area (Å²) in [6.45, 7) is 0.596. The molecule has 2 rings (SSSR count). The van der Waals surface area contributed by atoms with Gasteiger partial charge in [-0.3, -0.25) is 10.1 Å². The third kappa shape index (κ3) is 3.04. The second-order valence-corrected chi connectivity index (χ2v) is 4.29. The van der Waals surface area contributed by atoms with Gasteiger partial charge in [0, 0.05) is 35.3 Å². The molecular weight excluding hydrogens is 304 g/mol. The lowest BCUT2D eigenvalue weighted by atomic mass is 10.3. The van der Waals surface area contributed by atoms with E-state index >= 15 is 0 Å². The number of anilines is 1. The molecule has 1 aromatic carbocycles. The van der Waals surface area contributed by atoms with E-state index in [1.807, 2.05) is 0 Å². The summed E-state index contributed by atoms with van der Waals surface area (Å²) < 4.78 is 5.49. The molecule has 8 heteroatoms. The van der Waals surface area contributed by atoms with Gasteiger partial charge >= 0.3 is 0 Å². The van der Waals surface area contributed by atoms with Crippen molar-refractivity contribution in [3.05, 3.63) is 45.0 Å². The molecule has 0 saturated carbocycles. The maximum Gasteiger partial charge on any atom is 0.270 e. The first-order chi connectivity index (χ1) is 8.66. The van der Waals surface area contributed by atoms with E-state index in [1.54, 1.807) is 6.07 Å². The number of non-ortho nitro benzene ring substituents is 1. The van der Waals surface area contributed by atoms with Gasteiger partial charge in [-0.2, -0.15) is 4.98 Å². The molecule has 94 valence electrons. The molecule has 0 aliphatic carbocycles. The first-order valence-corrected chi connectivity index (χ1v) is 5.89. The molecule has 0 aliphatic heterocycles. The lowest BCUT2D eigenvalue weighted by molar-refractivity contribution is -0.384. The molecule has 1 aromatic heterocycles. The van der Waals surface area contributed by atoms with Gasteiger partial charge in [-0.25, -0.2) is 0 Å². The largest absolute Gasteiger partial charge is 0.384 e. The van der Waals surface area contributed by atoms with Crippen LogP contribution < -0.4 is 5.32 Å². The van der Waals surface area contributed by atoms with E-state index in [2.05, 4.69) is 31.4 Å². The molecule has 0 bridgehead atoms. The number of rotatable bonds is 5. The van der Waals surface area contributed by atoms with Gasteiger partial charge in [0.1, 0.15) is 0 Å². The summed E-state index contributed by atoms with van der Waals surface area (Å²) >= 11 is 3.28. The highest BCUT2D eigenvalue weighted by molar-refractivity contribution is 9.10. The van der Waals surface area contributed by atoms with Crippen molar-refractivity contribution in [2.75, 3.05) is 11.9 Å². The van der Waals surface area contributed by atoms with Crippen LogP contribution in [0, 0.1) is 10.1 Å². The van der Waals surface area contributed by atoms with Crippen LogP contribution in [-0.2, 0) is 6.42 Å². The van der Waals surface area contributed by atoms with Crippen molar-refractivity contribution in [2.24, 2.45) is 0 Å². The minimum Gasteiger partial charge on any atom is -0.384 e. The molecule has 2 aromatic rings. The zero-order valence-electron chi connectivity index (χ0n) is 9.17. The number of hydrogen-bond donors (Lipinski definition) is 1. The average Bonchev–Trinajstić information content (AvgIpc) is 2.84. The Bertz CT molecular complexity index is 544. The molecular formula is C10H9BrN4O3. The summed E-state index contributed by atoms with van der Waals surface area (Å²) in [4.78, 5) is 14.0. The Labute approximate surface area is 110 Å². The number of hydrogen-bond acceptors (Lipinski definition) is 6. The molecule has 0 atom stereocenters. The summed E-state index contributed by atoms with van der Waals surface area (Å²) in [5.74, 6) is 0.542. The molecule has 0 radical (unpaired) electrons. The Balaban J connectivity index is 1.95. The van der Waals surface area contributed by atoms with Crippen LogP contribution in [0.2, 0.25) is 0 Å². The third-order valence-corrected chi connectivity index (χ3v) is 2.88. The van der Waals surface area contributed by atoms with Gasteiger partial charge in [-0.15, -0.1) is 0 Å². The molecule has 0 fully saturated rings. The Hall–Kier alpha value is -1.96. The van der Waals surface area contributed by atoms with Crippen molar-refractivity contribution in [2.45, 2.75) is 6.42 Å². The highest BCUT2D eigenvalue weighted by Gasteiger charge is 2.08. The monoisotopic (exact) mass is 312 g/mol. The van der Waals surface area contributed by atoms with Gasteiger partial charge in [-0.05, 0) is 22.0 Å². The summed E-state index contributed by atoms with van der Waals surface area (Å²) in [5, 5.41) is 17.2. The van der Waals surface area contributed by atoms with Crippen molar-refractivity contribution in [1.82, 2.24) is 10.1 Å². The standard InChI is InChI=1S/C10H9BrN4O3/c11-8-5-7(15(16)17)1-2-9(8)12-4-3-10-13-6-14-18-10/h1-2,5-6,12H,3-4H2. The highest BCUT2D eigenvalue weighted by atomic mass is 79.9. The van der Waals surface area contributed by atoms with E-state index in [0.717, 1.165) is 5.69 Å². The Morgan fingerprint density at radius 2 is 2.33 bits per heavy atom. The number of nitrogens with zero attached hydrogens (tertiary/aromatic N) is 3. The minimum absolute atomic E-state index is 0.0457. The fourth-order valence-electron chi connectivity index (χ4n) is 1.37. The van der Waals surface area contributed by atoms with E-state index in [0.29, 0.717) is 23.3 Å². The second kappa shape index (κ2) is 5.58. The number of aromatic nitrogens is 2. The normalized spacial score (nSPS) is 10.3. The van der Waals surface area contributed by atoms with Gasteiger partial charge in [-0.1, -0.05) is 5.16 Å². The SMILES string of the molecule is O=[N+]([O-])c1ccc(NCCc2ncno2)c(Br)c1. The van der Waals surface area contributed by atoms with E-state index in [9.17, 15) is 10.1 Å². The molecule has 0 aliphatic rings. The van der Waals surface area contributed by atoms with E-state index in [-0.39, 0.29) is 5.69 Å². The average molecular weight is 313 g/mol. The minimum atomic E-state index is -0.438. The topological polar surface area (TPSA) is 94.1 Å². The first kappa shape index (κ1) is 12.5. The van der Waals surface area contributed by atoms with Crippen molar-refractivity contribution in [3.8, 4) is 0 Å². The fourth-order valence-corrected chi connectivity index (χ4v) is 1.88.